The van der Waals surface area contributed by atoms with Crippen molar-refractivity contribution in [2.75, 3.05) is 5.75 Å². The Kier molecular flexibility index (Phi) is 6.67. The minimum absolute atomic E-state index is 0.0420. The zero-order chi connectivity index (χ0) is 15.8. The van der Waals surface area contributed by atoms with Crippen LogP contribution in [-0.2, 0) is 15.3 Å². The Bertz CT molecular complexity index is 518. The van der Waals surface area contributed by atoms with Crippen molar-refractivity contribution in [1.29, 1.82) is 0 Å². The molecule has 0 radical (unpaired) electrons. The molecule has 0 heterocycles. The number of non-ortho nitro benzene ring substituents is 1. The SMILES string of the molecule is CC(=O)NC(CCSCc1ccc([N+](=O)[O-])cc1)C(=O)O. The van der Waals surface area contributed by atoms with Gasteiger partial charge in [-0.2, -0.15) is 11.8 Å². The number of benzene rings is 1. The van der Waals surface area contributed by atoms with Crippen molar-refractivity contribution < 1.29 is 19.6 Å². The Hall–Kier alpha value is -2.09. The summed E-state index contributed by atoms with van der Waals surface area (Å²) >= 11 is 1.51. The summed E-state index contributed by atoms with van der Waals surface area (Å²) in [5, 5.41) is 21.8. The number of nitrogens with zero attached hydrogens (tertiary/aromatic N) is 1. The van der Waals surface area contributed by atoms with E-state index in [9.17, 15) is 19.7 Å². The molecule has 21 heavy (non-hydrogen) atoms. The maximum absolute atomic E-state index is 10.9. The van der Waals surface area contributed by atoms with Crippen LogP contribution < -0.4 is 5.32 Å². The number of hydrogen-bond acceptors (Lipinski definition) is 5. The number of nitrogens with one attached hydrogen (secondary N) is 1. The van der Waals surface area contributed by atoms with Crippen LogP contribution in [0.1, 0.15) is 18.9 Å². The highest BCUT2D eigenvalue weighted by molar-refractivity contribution is 7.98. The number of hydrogen-bond donors (Lipinski definition) is 2. The smallest absolute Gasteiger partial charge is 0.326 e. The molecule has 0 saturated carbocycles. The predicted molar refractivity (Wildman–Crippen MR) is 79.1 cm³/mol. The summed E-state index contributed by atoms with van der Waals surface area (Å²) in [7, 11) is 0. The van der Waals surface area contributed by atoms with E-state index in [1.165, 1.54) is 30.8 Å². The van der Waals surface area contributed by atoms with Gasteiger partial charge in [-0.25, -0.2) is 4.79 Å². The number of nitro groups is 1. The summed E-state index contributed by atoms with van der Waals surface area (Å²) in [6, 6.07) is 5.34. The Balaban J connectivity index is 2.37. The van der Waals surface area contributed by atoms with Crippen molar-refractivity contribution in [3.05, 3.63) is 39.9 Å². The minimum atomic E-state index is -1.05. The van der Waals surface area contributed by atoms with Crippen LogP contribution in [0.5, 0.6) is 0 Å². The van der Waals surface area contributed by atoms with Crippen molar-refractivity contribution in [3.63, 3.8) is 0 Å². The molecular weight excluding hydrogens is 296 g/mol. The Morgan fingerprint density at radius 1 is 1.38 bits per heavy atom. The molecule has 1 amide bonds. The molecule has 0 saturated heterocycles. The fourth-order valence-electron chi connectivity index (χ4n) is 1.61. The monoisotopic (exact) mass is 312 g/mol. The minimum Gasteiger partial charge on any atom is -0.480 e. The first-order valence-corrected chi connectivity index (χ1v) is 7.36. The average molecular weight is 312 g/mol. The standard InChI is InChI=1S/C13H16N2O5S/c1-9(16)14-12(13(17)18)6-7-21-8-10-2-4-11(5-3-10)15(19)20/h2-5,12H,6-8H2,1H3,(H,14,16)(H,17,18). The van der Waals surface area contributed by atoms with Gasteiger partial charge in [0.05, 0.1) is 4.92 Å². The topological polar surface area (TPSA) is 110 Å². The third-order valence-electron chi connectivity index (χ3n) is 2.64. The van der Waals surface area contributed by atoms with E-state index in [0.717, 1.165) is 5.56 Å². The Morgan fingerprint density at radius 3 is 2.48 bits per heavy atom. The maximum atomic E-state index is 10.9. The summed E-state index contributed by atoms with van der Waals surface area (Å²) < 4.78 is 0. The molecule has 114 valence electrons. The van der Waals surface area contributed by atoms with Gasteiger partial charge in [0.2, 0.25) is 5.91 Å². The van der Waals surface area contributed by atoms with Gasteiger partial charge in [0.15, 0.2) is 0 Å². The zero-order valence-electron chi connectivity index (χ0n) is 11.4. The number of rotatable bonds is 8. The first-order chi connectivity index (χ1) is 9.90. The fourth-order valence-corrected chi connectivity index (χ4v) is 2.58. The second-order valence-corrected chi connectivity index (χ2v) is 5.46. The van der Waals surface area contributed by atoms with Crippen LogP contribution in [0.3, 0.4) is 0 Å². The first-order valence-electron chi connectivity index (χ1n) is 6.21. The molecule has 0 aliphatic rings. The molecule has 0 bridgehead atoms. The van der Waals surface area contributed by atoms with Crippen molar-refractivity contribution in [2.45, 2.75) is 25.1 Å². The second kappa shape index (κ2) is 8.25. The summed E-state index contributed by atoms with van der Waals surface area (Å²) in [6.45, 7) is 1.28. The summed E-state index contributed by atoms with van der Waals surface area (Å²) in [5.74, 6) is -0.234. The average Bonchev–Trinajstić information content (AvgIpc) is 2.42. The molecule has 0 aliphatic heterocycles. The highest BCUT2D eigenvalue weighted by Crippen LogP contribution is 2.17. The lowest BCUT2D eigenvalue weighted by atomic mass is 10.2. The third kappa shape index (κ3) is 6.26. The highest BCUT2D eigenvalue weighted by atomic mass is 32.2. The Morgan fingerprint density at radius 2 is 2.00 bits per heavy atom. The van der Waals surface area contributed by atoms with Crippen molar-refractivity contribution in [3.8, 4) is 0 Å². The molecule has 7 nitrogen and oxygen atoms in total. The molecule has 1 rings (SSSR count). The van der Waals surface area contributed by atoms with Crippen LogP contribution >= 0.6 is 11.8 Å². The number of amides is 1. The number of carboxylic acids is 1. The van der Waals surface area contributed by atoms with Crippen molar-refractivity contribution in [2.24, 2.45) is 0 Å². The number of carbonyl (C=O) groups excluding carboxylic acids is 1. The van der Waals surface area contributed by atoms with Gasteiger partial charge in [0.25, 0.3) is 5.69 Å². The van der Waals surface area contributed by atoms with Crippen molar-refractivity contribution >= 4 is 29.3 Å². The number of carboxylic acid groups (broad SMARTS) is 1. The molecule has 0 fully saturated rings. The number of aliphatic carboxylic acids is 1. The predicted octanol–water partition coefficient (Wildman–Crippen LogP) is 1.81. The van der Waals surface area contributed by atoms with E-state index >= 15 is 0 Å². The summed E-state index contributed by atoms with van der Waals surface area (Å²) in [5.41, 5.74) is 0.970. The van der Waals surface area contributed by atoms with Gasteiger partial charge in [-0.1, -0.05) is 12.1 Å². The maximum Gasteiger partial charge on any atom is 0.326 e. The van der Waals surface area contributed by atoms with E-state index < -0.39 is 16.9 Å². The van der Waals surface area contributed by atoms with E-state index in [4.69, 9.17) is 5.11 Å². The lowest BCUT2D eigenvalue weighted by molar-refractivity contribution is -0.384. The molecule has 8 heteroatoms. The van der Waals surface area contributed by atoms with Crippen LogP contribution in [0, 0.1) is 10.1 Å². The number of thioether (sulfide) groups is 1. The molecule has 1 aromatic carbocycles. The molecule has 0 aliphatic carbocycles. The van der Waals surface area contributed by atoms with Gasteiger partial charge in [0, 0.05) is 24.8 Å². The van der Waals surface area contributed by atoms with Gasteiger partial charge in [-0.15, -0.1) is 0 Å². The molecular formula is C13H16N2O5S. The quantitative estimate of drug-likeness (QED) is 0.430. The van der Waals surface area contributed by atoms with Crippen LogP contribution in [-0.4, -0.2) is 33.7 Å². The second-order valence-electron chi connectivity index (χ2n) is 4.36. The largest absolute Gasteiger partial charge is 0.480 e. The van der Waals surface area contributed by atoms with Crippen LogP contribution in [0.2, 0.25) is 0 Å². The molecule has 1 atom stereocenters. The third-order valence-corrected chi connectivity index (χ3v) is 3.70. The normalized spacial score (nSPS) is 11.7. The summed E-state index contributed by atoms with van der Waals surface area (Å²) in [6.07, 6.45) is 0.326. The number of carbonyl (C=O) groups is 2. The van der Waals surface area contributed by atoms with Crippen LogP contribution in [0.25, 0.3) is 0 Å². The van der Waals surface area contributed by atoms with Gasteiger partial charge in [-0.3, -0.25) is 14.9 Å². The van der Waals surface area contributed by atoms with Crippen LogP contribution in [0.15, 0.2) is 24.3 Å². The molecule has 2 N–H and O–H groups in total. The van der Waals surface area contributed by atoms with E-state index in [0.29, 0.717) is 17.9 Å². The number of nitro benzene ring substituents is 1. The first kappa shape index (κ1) is 17.0. The Labute approximate surface area is 125 Å². The molecule has 1 unspecified atom stereocenters. The van der Waals surface area contributed by atoms with E-state index in [1.54, 1.807) is 12.1 Å². The highest BCUT2D eigenvalue weighted by Gasteiger charge is 2.17. The van der Waals surface area contributed by atoms with E-state index in [2.05, 4.69) is 5.32 Å². The van der Waals surface area contributed by atoms with E-state index in [1.807, 2.05) is 0 Å². The van der Waals surface area contributed by atoms with Gasteiger partial charge >= 0.3 is 5.97 Å². The summed E-state index contributed by atoms with van der Waals surface area (Å²) in [4.78, 5) is 31.8. The van der Waals surface area contributed by atoms with E-state index in [-0.39, 0.29) is 11.6 Å². The lowest BCUT2D eigenvalue weighted by Gasteiger charge is -2.12. The molecule has 1 aromatic rings. The fraction of sp³-hybridized carbons (Fsp3) is 0.385. The molecule has 0 aromatic heterocycles. The lowest BCUT2D eigenvalue weighted by Crippen LogP contribution is -2.39. The van der Waals surface area contributed by atoms with Gasteiger partial charge < -0.3 is 10.4 Å². The molecule has 0 spiro atoms. The van der Waals surface area contributed by atoms with Gasteiger partial charge in [0.1, 0.15) is 6.04 Å². The van der Waals surface area contributed by atoms with Gasteiger partial charge in [-0.05, 0) is 17.7 Å². The zero-order valence-corrected chi connectivity index (χ0v) is 12.3. The van der Waals surface area contributed by atoms with Crippen LogP contribution in [0.4, 0.5) is 5.69 Å². The van der Waals surface area contributed by atoms with Crippen molar-refractivity contribution in [1.82, 2.24) is 5.32 Å².